The van der Waals surface area contributed by atoms with E-state index in [9.17, 15) is 14.4 Å². The van der Waals surface area contributed by atoms with Crippen molar-refractivity contribution in [3.8, 4) is 0 Å². The quantitative estimate of drug-likeness (QED) is 0.547. The molecule has 0 aliphatic heterocycles. The molecular formula is C21H24N2O4. The summed E-state index contributed by atoms with van der Waals surface area (Å²) >= 11 is 0. The van der Waals surface area contributed by atoms with Crippen LogP contribution >= 0.6 is 0 Å². The molecule has 0 aliphatic carbocycles. The van der Waals surface area contributed by atoms with Crippen LogP contribution in [0.2, 0.25) is 0 Å². The van der Waals surface area contributed by atoms with Gasteiger partial charge in [-0.05, 0) is 62.2 Å². The molecule has 4 N–H and O–H groups in total. The molecule has 0 saturated carbocycles. The first-order valence-corrected chi connectivity index (χ1v) is 8.70. The largest absolute Gasteiger partial charge is 0.451 e. The SMILES string of the molecule is CC(=O)C(CC(=O)C(C)OC(=O)c1ccc(N)cc1)Cc1ccc(N)cc1. The van der Waals surface area contributed by atoms with E-state index < -0.39 is 18.0 Å². The summed E-state index contributed by atoms with van der Waals surface area (Å²) in [6, 6.07) is 13.4. The Morgan fingerprint density at radius 3 is 1.96 bits per heavy atom. The lowest BCUT2D eigenvalue weighted by atomic mass is 9.90. The third-order valence-electron chi connectivity index (χ3n) is 4.37. The summed E-state index contributed by atoms with van der Waals surface area (Å²) in [5.74, 6) is -1.46. The number of ether oxygens (including phenoxy) is 1. The molecule has 0 heterocycles. The average Bonchev–Trinajstić information content (AvgIpc) is 2.63. The first kappa shape index (κ1) is 20.2. The van der Waals surface area contributed by atoms with E-state index in [1.54, 1.807) is 24.3 Å². The number of carbonyl (C=O) groups excluding carboxylic acids is 3. The fourth-order valence-electron chi connectivity index (χ4n) is 2.62. The molecule has 0 saturated heterocycles. The van der Waals surface area contributed by atoms with Crippen LogP contribution in [0.25, 0.3) is 0 Å². The molecule has 2 unspecified atom stereocenters. The number of hydrogen-bond acceptors (Lipinski definition) is 6. The van der Waals surface area contributed by atoms with Crippen LogP contribution in [0.15, 0.2) is 48.5 Å². The van der Waals surface area contributed by atoms with Gasteiger partial charge in [-0.25, -0.2) is 4.79 Å². The van der Waals surface area contributed by atoms with Crippen molar-refractivity contribution >= 4 is 28.9 Å². The molecule has 2 atom stereocenters. The molecule has 0 radical (unpaired) electrons. The standard InChI is InChI=1S/C21H24N2O4/c1-13(24)17(11-15-3-7-18(22)8-4-15)12-20(25)14(2)27-21(26)16-5-9-19(23)10-6-16/h3-10,14,17H,11-12,22-23H2,1-2H3. The zero-order valence-electron chi connectivity index (χ0n) is 15.5. The molecule has 2 aromatic carbocycles. The van der Waals surface area contributed by atoms with Crippen molar-refractivity contribution in [2.75, 3.05) is 11.5 Å². The number of benzene rings is 2. The van der Waals surface area contributed by atoms with Crippen molar-refractivity contribution in [1.82, 2.24) is 0 Å². The maximum absolute atomic E-state index is 12.5. The molecule has 142 valence electrons. The maximum Gasteiger partial charge on any atom is 0.338 e. The second-order valence-electron chi connectivity index (χ2n) is 6.59. The van der Waals surface area contributed by atoms with Crippen molar-refractivity contribution in [2.45, 2.75) is 32.8 Å². The third kappa shape index (κ3) is 5.95. The highest BCUT2D eigenvalue weighted by Gasteiger charge is 2.25. The Bertz CT molecular complexity index is 813. The normalized spacial score (nSPS) is 12.8. The minimum Gasteiger partial charge on any atom is -0.451 e. The molecule has 0 spiro atoms. The Kier molecular flexibility index (Phi) is 6.71. The Balaban J connectivity index is 1.97. The third-order valence-corrected chi connectivity index (χ3v) is 4.37. The van der Waals surface area contributed by atoms with Crippen LogP contribution in [-0.2, 0) is 20.7 Å². The number of anilines is 2. The van der Waals surface area contributed by atoms with Gasteiger partial charge in [-0.15, -0.1) is 0 Å². The van der Waals surface area contributed by atoms with Gasteiger partial charge in [0.25, 0.3) is 0 Å². The Morgan fingerprint density at radius 1 is 0.926 bits per heavy atom. The van der Waals surface area contributed by atoms with Crippen molar-refractivity contribution in [3.05, 3.63) is 59.7 Å². The minimum atomic E-state index is -0.941. The predicted octanol–water partition coefficient (Wildman–Crippen LogP) is 2.80. The van der Waals surface area contributed by atoms with Crippen molar-refractivity contribution in [3.63, 3.8) is 0 Å². The molecule has 0 aliphatic rings. The molecule has 0 amide bonds. The van der Waals surface area contributed by atoms with E-state index in [0.717, 1.165) is 5.56 Å². The summed E-state index contributed by atoms with van der Waals surface area (Å²) < 4.78 is 5.23. The number of carbonyl (C=O) groups is 3. The second-order valence-corrected chi connectivity index (χ2v) is 6.59. The van der Waals surface area contributed by atoms with Gasteiger partial charge in [0.2, 0.25) is 0 Å². The van der Waals surface area contributed by atoms with E-state index in [0.29, 0.717) is 23.4 Å². The summed E-state index contributed by atoms with van der Waals surface area (Å²) in [4.78, 5) is 36.5. The molecular weight excluding hydrogens is 344 g/mol. The van der Waals surface area contributed by atoms with Crippen LogP contribution in [0.1, 0.15) is 36.2 Å². The fraction of sp³-hybridized carbons (Fsp3) is 0.286. The van der Waals surface area contributed by atoms with Gasteiger partial charge < -0.3 is 16.2 Å². The number of ketones is 2. The summed E-state index contributed by atoms with van der Waals surface area (Å²) in [6.07, 6.45) is -0.501. The van der Waals surface area contributed by atoms with Gasteiger partial charge in [0, 0.05) is 23.7 Å². The van der Waals surface area contributed by atoms with E-state index in [2.05, 4.69) is 0 Å². The highest BCUT2D eigenvalue weighted by Crippen LogP contribution is 2.18. The highest BCUT2D eigenvalue weighted by atomic mass is 16.5. The first-order valence-electron chi connectivity index (χ1n) is 8.70. The molecule has 2 aromatic rings. The van der Waals surface area contributed by atoms with Crippen LogP contribution in [0.3, 0.4) is 0 Å². The molecule has 0 bridgehead atoms. The Labute approximate surface area is 158 Å². The fourth-order valence-corrected chi connectivity index (χ4v) is 2.62. The number of Topliss-reactive ketones (excluding diaryl/α,β-unsaturated/α-hetero) is 2. The van der Waals surface area contributed by atoms with Gasteiger partial charge in [0.05, 0.1) is 5.56 Å². The summed E-state index contributed by atoms with van der Waals surface area (Å²) in [6.45, 7) is 2.97. The van der Waals surface area contributed by atoms with Crippen LogP contribution in [0.5, 0.6) is 0 Å². The van der Waals surface area contributed by atoms with Gasteiger partial charge in [0.1, 0.15) is 5.78 Å². The topological polar surface area (TPSA) is 112 Å². The van der Waals surface area contributed by atoms with Gasteiger partial charge in [-0.2, -0.15) is 0 Å². The van der Waals surface area contributed by atoms with E-state index in [4.69, 9.17) is 16.2 Å². The Hall–Kier alpha value is -3.15. The first-order chi connectivity index (χ1) is 12.8. The highest BCUT2D eigenvalue weighted by molar-refractivity contribution is 5.94. The number of hydrogen-bond donors (Lipinski definition) is 2. The zero-order valence-corrected chi connectivity index (χ0v) is 15.5. The van der Waals surface area contributed by atoms with E-state index in [1.807, 2.05) is 12.1 Å². The maximum atomic E-state index is 12.5. The van der Waals surface area contributed by atoms with Crippen molar-refractivity contribution < 1.29 is 19.1 Å². The average molecular weight is 368 g/mol. The lowest BCUT2D eigenvalue weighted by Gasteiger charge is -2.17. The monoisotopic (exact) mass is 368 g/mol. The van der Waals surface area contributed by atoms with Gasteiger partial charge in [0.15, 0.2) is 11.9 Å². The van der Waals surface area contributed by atoms with Gasteiger partial charge >= 0.3 is 5.97 Å². The zero-order chi connectivity index (χ0) is 20.0. The van der Waals surface area contributed by atoms with E-state index >= 15 is 0 Å². The number of nitrogens with two attached hydrogens (primary N) is 2. The summed E-state index contributed by atoms with van der Waals surface area (Å²) in [5.41, 5.74) is 13.7. The van der Waals surface area contributed by atoms with Gasteiger partial charge in [-0.3, -0.25) is 9.59 Å². The minimum absolute atomic E-state index is 0.00982. The molecule has 0 aromatic heterocycles. The second kappa shape index (κ2) is 8.98. The number of nitrogen functional groups attached to an aromatic ring is 2. The Morgan fingerprint density at radius 2 is 1.44 bits per heavy atom. The smallest absolute Gasteiger partial charge is 0.338 e. The molecule has 6 heteroatoms. The van der Waals surface area contributed by atoms with Crippen LogP contribution in [0, 0.1) is 5.92 Å². The lowest BCUT2D eigenvalue weighted by molar-refractivity contribution is -0.131. The summed E-state index contributed by atoms with van der Waals surface area (Å²) in [7, 11) is 0. The van der Waals surface area contributed by atoms with Crippen LogP contribution < -0.4 is 11.5 Å². The van der Waals surface area contributed by atoms with Gasteiger partial charge in [-0.1, -0.05) is 12.1 Å². The summed E-state index contributed by atoms with van der Waals surface area (Å²) in [5, 5.41) is 0. The number of rotatable bonds is 8. The molecule has 27 heavy (non-hydrogen) atoms. The molecule has 0 fully saturated rings. The van der Waals surface area contributed by atoms with E-state index in [-0.39, 0.29) is 18.0 Å². The van der Waals surface area contributed by atoms with Crippen molar-refractivity contribution in [2.24, 2.45) is 5.92 Å². The molecule has 2 rings (SSSR count). The molecule has 6 nitrogen and oxygen atoms in total. The number of esters is 1. The van der Waals surface area contributed by atoms with E-state index in [1.165, 1.54) is 26.0 Å². The lowest BCUT2D eigenvalue weighted by Crippen LogP contribution is -2.28. The van der Waals surface area contributed by atoms with Crippen molar-refractivity contribution in [1.29, 1.82) is 0 Å². The predicted molar refractivity (Wildman–Crippen MR) is 104 cm³/mol. The van der Waals surface area contributed by atoms with Crippen LogP contribution in [-0.4, -0.2) is 23.6 Å². The van der Waals surface area contributed by atoms with Crippen LogP contribution in [0.4, 0.5) is 11.4 Å².